The molecule has 104 valence electrons. The lowest BCUT2D eigenvalue weighted by Gasteiger charge is -2.14. The van der Waals surface area contributed by atoms with E-state index < -0.39 is 5.41 Å². The fraction of sp³-hybridized carbons (Fsp3) is 0.400. The molecule has 1 aromatic carbocycles. The summed E-state index contributed by atoms with van der Waals surface area (Å²) < 4.78 is 5.08. The van der Waals surface area contributed by atoms with E-state index in [9.17, 15) is 9.59 Å². The molecule has 1 aromatic rings. The highest BCUT2D eigenvalue weighted by atomic mass is 16.5. The van der Waals surface area contributed by atoms with Crippen LogP contribution in [0.15, 0.2) is 30.3 Å². The Bertz CT molecular complexity index is 530. The van der Waals surface area contributed by atoms with Gasteiger partial charge in [-0.05, 0) is 18.4 Å². The molecule has 1 N–H and O–H groups in total. The minimum atomic E-state index is -0.561. The second kappa shape index (κ2) is 6.20. The van der Waals surface area contributed by atoms with E-state index in [1.807, 2.05) is 36.4 Å². The topological polar surface area (TPSA) is 79.2 Å². The SMILES string of the molecule is N#CCCNC(=O)COC(=O)C1(c2ccccc2)CC1. The molecule has 1 aliphatic rings. The molecule has 0 unspecified atom stereocenters. The average Bonchev–Trinajstić information content (AvgIpc) is 3.28. The van der Waals surface area contributed by atoms with Gasteiger partial charge in [-0.1, -0.05) is 30.3 Å². The van der Waals surface area contributed by atoms with Crippen LogP contribution in [0.1, 0.15) is 24.8 Å². The molecule has 5 heteroatoms. The Balaban J connectivity index is 1.84. The summed E-state index contributed by atoms with van der Waals surface area (Å²) in [6, 6.07) is 11.4. The Hall–Kier alpha value is -2.35. The first-order chi connectivity index (χ1) is 9.69. The molecule has 0 atom stereocenters. The van der Waals surface area contributed by atoms with Gasteiger partial charge in [0.2, 0.25) is 0 Å². The van der Waals surface area contributed by atoms with Crippen LogP contribution in [-0.4, -0.2) is 25.0 Å². The summed E-state index contributed by atoms with van der Waals surface area (Å²) in [6.45, 7) is -0.0183. The van der Waals surface area contributed by atoms with Crippen LogP contribution in [0.4, 0.5) is 0 Å². The zero-order valence-corrected chi connectivity index (χ0v) is 11.1. The second-order valence-corrected chi connectivity index (χ2v) is 4.78. The van der Waals surface area contributed by atoms with E-state index in [-0.39, 0.29) is 31.4 Å². The number of nitriles is 1. The van der Waals surface area contributed by atoms with E-state index >= 15 is 0 Å². The van der Waals surface area contributed by atoms with Crippen molar-refractivity contribution in [3.8, 4) is 6.07 Å². The standard InChI is InChI=1S/C15H16N2O3/c16-9-4-10-17-13(18)11-20-14(19)15(7-8-15)12-5-2-1-3-6-12/h1-3,5-6H,4,7-8,10-11H2,(H,17,18). The summed E-state index contributed by atoms with van der Waals surface area (Å²) in [5.74, 6) is -0.725. The van der Waals surface area contributed by atoms with Gasteiger partial charge in [-0.15, -0.1) is 0 Å². The largest absolute Gasteiger partial charge is 0.455 e. The van der Waals surface area contributed by atoms with Crippen LogP contribution >= 0.6 is 0 Å². The molecule has 0 spiro atoms. The number of carbonyl (C=O) groups excluding carboxylic acids is 2. The molecule has 1 saturated carbocycles. The van der Waals surface area contributed by atoms with Crippen molar-refractivity contribution in [2.45, 2.75) is 24.7 Å². The first kappa shape index (κ1) is 14.1. The predicted molar refractivity (Wildman–Crippen MR) is 71.6 cm³/mol. The normalized spacial score (nSPS) is 14.9. The monoisotopic (exact) mass is 272 g/mol. The minimum absolute atomic E-state index is 0.244. The Morgan fingerprint density at radius 1 is 1.30 bits per heavy atom. The number of nitrogens with one attached hydrogen (secondary N) is 1. The molecule has 0 bridgehead atoms. The summed E-state index contributed by atoms with van der Waals surface area (Å²) in [4.78, 5) is 23.5. The highest BCUT2D eigenvalue weighted by molar-refractivity contribution is 5.88. The van der Waals surface area contributed by atoms with Crippen molar-refractivity contribution in [2.24, 2.45) is 0 Å². The maximum atomic E-state index is 12.1. The van der Waals surface area contributed by atoms with Gasteiger partial charge in [-0.2, -0.15) is 5.26 Å². The van der Waals surface area contributed by atoms with Crippen molar-refractivity contribution >= 4 is 11.9 Å². The highest BCUT2D eigenvalue weighted by Crippen LogP contribution is 2.49. The van der Waals surface area contributed by atoms with Gasteiger partial charge in [-0.3, -0.25) is 9.59 Å². The van der Waals surface area contributed by atoms with Crippen LogP contribution < -0.4 is 5.32 Å². The van der Waals surface area contributed by atoms with Crippen LogP contribution in [0.25, 0.3) is 0 Å². The molecular weight excluding hydrogens is 256 g/mol. The van der Waals surface area contributed by atoms with Gasteiger partial charge in [0.05, 0.1) is 17.9 Å². The summed E-state index contributed by atoms with van der Waals surface area (Å²) in [6.07, 6.45) is 1.76. The van der Waals surface area contributed by atoms with Crippen LogP contribution in [0.2, 0.25) is 0 Å². The number of hydrogen-bond acceptors (Lipinski definition) is 4. The van der Waals surface area contributed by atoms with Crippen LogP contribution in [0.3, 0.4) is 0 Å². The Kier molecular flexibility index (Phi) is 4.36. The molecule has 1 fully saturated rings. The molecule has 2 rings (SSSR count). The fourth-order valence-corrected chi connectivity index (χ4v) is 2.07. The fourth-order valence-electron chi connectivity index (χ4n) is 2.07. The van der Waals surface area contributed by atoms with E-state index in [1.54, 1.807) is 0 Å². The molecule has 0 aromatic heterocycles. The number of benzene rings is 1. The summed E-state index contributed by atoms with van der Waals surface area (Å²) in [7, 11) is 0. The smallest absolute Gasteiger partial charge is 0.317 e. The predicted octanol–water partition coefficient (Wildman–Crippen LogP) is 1.29. The third-order valence-corrected chi connectivity index (χ3v) is 3.36. The van der Waals surface area contributed by atoms with Gasteiger partial charge in [-0.25, -0.2) is 0 Å². The molecule has 5 nitrogen and oxygen atoms in total. The van der Waals surface area contributed by atoms with Crippen LogP contribution in [-0.2, 0) is 19.7 Å². The number of hydrogen-bond donors (Lipinski definition) is 1. The zero-order chi connectivity index (χ0) is 14.4. The third kappa shape index (κ3) is 3.15. The third-order valence-electron chi connectivity index (χ3n) is 3.36. The zero-order valence-electron chi connectivity index (χ0n) is 11.1. The molecule has 0 radical (unpaired) electrons. The van der Waals surface area contributed by atoms with Crippen molar-refractivity contribution in [1.29, 1.82) is 5.26 Å². The van der Waals surface area contributed by atoms with Crippen molar-refractivity contribution in [3.05, 3.63) is 35.9 Å². The Morgan fingerprint density at radius 3 is 2.60 bits per heavy atom. The van der Waals surface area contributed by atoms with Gasteiger partial charge >= 0.3 is 5.97 Å². The summed E-state index contributed by atoms with van der Waals surface area (Å²) >= 11 is 0. The first-order valence-electron chi connectivity index (χ1n) is 6.55. The maximum Gasteiger partial charge on any atom is 0.317 e. The maximum absolute atomic E-state index is 12.1. The lowest BCUT2D eigenvalue weighted by Crippen LogP contribution is -2.32. The van der Waals surface area contributed by atoms with Crippen molar-refractivity contribution in [3.63, 3.8) is 0 Å². The van der Waals surface area contributed by atoms with Crippen molar-refractivity contribution < 1.29 is 14.3 Å². The summed E-state index contributed by atoms with van der Waals surface area (Å²) in [5.41, 5.74) is 0.378. The molecular formula is C15H16N2O3. The van der Waals surface area contributed by atoms with Crippen LogP contribution in [0.5, 0.6) is 0 Å². The molecule has 0 aliphatic heterocycles. The van der Waals surface area contributed by atoms with Gasteiger partial charge < -0.3 is 10.1 Å². The molecule has 0 saturated heterocycles. The molecule has 0 heterocycles. The van der Waals surface area contributed by atoms with Crippen molar-refractivity contribution in [2.75, 3.05) is 13.2 Å². The van der Waals surface area contributed by atoms with E-state index in [0.29, 0.717) is 0 Å². The first-order valence-corrected chi connectivity index (χ1v) is 6.55. The lowest BCUT2D eigenvalue weighted by atomic mass is 9.96. The van der Waals surface area contributed by atoms with Crippen LogP contribution in [0, 0.1) is 11.3 Å². The van der Waals surface area contributed by atoms with Gasteiger partial charge in [0.15, 0.2) is 6.61 Å². The second-order valence-electron chi connectivity index (χ2n) is 4.78. The van der Waals surface area contributed by atoms with Gasteiger partial charge in [0.1, 0.15) is 0 Å². The summed E-state index contributed by atoms with van der Waals surface area (Å²) in [5, 5.41) is 10.9. The van der Waals surface area contributed by atoms with Gasteiger partial charge in [0.25, 0.3) is 5.91 Å². The Labute approximate surface area is 117 Å². The van der Waals surface area contributed by atoms with Crippen molar-refractivity contribution in [1.82, 2.24) is 5.32 Å². The minimum Gasteiger partial charge on any atom is -0.455 e. The molecule has 1 amide bonds. The average molecular weight is 272 g/mol. The van der Waals surface area contributed by atoms with E-state index in [4.69, 9.17) is 10.00 Å². The number of nitrogens with zero attached hydrogens (tertiary/aromatic N) is 1. The molecule has 20 heavy (non-hydrogen) atoms. The van der Waals surface area contributed by atoms with E-state index in [1.165, 1.54) is 0 Å². The van der Waals surface area contributed by atoms with E-state index in [0.717, 1.165) is 18.4 Å². The number of rotatable bonds is 6. The van der Waals surface area contributed by atoms with E-state index in [2.05, 4.69) is 5.32 Å². The number of amides is 1. The number of ether oxygens (including phenoxy) is 1. The quantitative estimate of drug-likeness (QED) is 0.625. The number of carbonyl (C=O) groups is 2. The molecule has 1 aliphatic carbocycles. The highest BCUT2D eigenvalue weighted by Gasteiger charge is 2.52. The Morgan fingerprint density at radius 2 is 2.00 bits per heavy atom. The lowest BCUT2D eigenvalue weighted by molar-refractivity contribution is -0.151. The number of esters is 1. The van der Waals surface area contributed by atoms with Gasteiger partial charge in [0, 0.05) is 6.54 Å².